The molecule has 0 bridgehead atoms. The van der Waals surface area contributed by atoms with Gasteiger partial charge in [-0.25, -0.2) is 9.59 Å². The molecule has 1 unspecified atom stereocenters. The van der Waals surface area contributed by atoms with E-state index in [0.29, 0.717) is 15.9 Å². The Bertz CT molecular complexity index is 480. The fourth-order valence-electron chi connectivity index (χ4n) is 1.17. The maximum atomic E-state index is 11.5. The van der Waals surface area contributed by atoms with E-state index in [2.05, 4.69) is 26.6 Å². The van der Waals surface area contributed by atoms with Gasteiger partial charge in [0, 0.05) is 10.5 Å². The number of carbonyl (C=O) groups is 2. The largest absolute Gasteiger partial charge is 0.497 e. The van der Waals surface area contributed by atoms with Gasteiger partial charge in [0.05, 0.1) is 19.3 Å². The lowest BCUT2D eigenvalue weighted by molar-refractivity contribution is -0.146. The van der Waals surface area contributed by atoms with Gasteiger partial charge in [-0.2, -0.15) is 0 Å². The molecule has 7 nitrogen and oxygen atoms in total. The zero-order chi connectivity index (χ0) is 14.4. The average Bonchev–Trinajstić information content (AvgIpc) is 2.38. The highest BCUT2D eigenvalue weighted by Gasteiger charge is 2.14. The van der Waals surface area contributed by atoms with Crippen LogP contribution in [0.2, 0.25) is 0 Å². The van der Waals surface area contributed by atoms with E-state index in [9.17, 15) is 9.59 Å². The van der Waals surface area contributed by atoms with Crippen molar-refractivity contribution in [3.8, 4) is 5.75 Å². The third-order valence-corrected chi connectivity index (χ3v) is 2.85. The number of amides is 2. The maximum absolute atomic E-state index is 11.5. The Morgan fingerprint density at radius 3 is 2.74 bits per heavy atom. The third kappa shape index (κ3) is 4.76. The van der Waals surface area contributed by atoms with Crippen molar-refractivity contribution in [3.05, 3.63) is 22.7 Å². The van der Waals surface area contributed by atoms with Crippen molar-refractivity contribution >= 4 is 33.6 Å². The van der Waals surface area contributed by atoms with Crippen LogP contribution in [0.15, 0.2) is 22.7 Å². The fraction of sp³-hybridized carbons (Fsp3) is 0.273. The first-order valence-electron chi connectivity index (χ1n) is 5.23. The lowest BCUT2D eigenvalue weighted by Gasteiger charge is -2.11. The number of benzene rings is 1. The van der Waals surface area contributed by atoms with Crippen molar-refractivity contribution in [1.82, 2.24) is 5.32 Å². The molecule has 0 aliphatic carbocycles. The lowest BCUT2D eigenvalue weighted by atomic mass is 10.3. The third-order valence-electron chi connectivity index (χ3n) is 2.16. The van der Waals surface area contributed by atoms with Gasteiger partial charge in [0.25, 0.3) is 0 Å². The molecule has 104 valence electrons. The summed E-state index contributed by atoms with van der Waals surface area (Å²) in [5.41, 5.74) is 0.460. The smallest absolute Gasteiger partial charge is 0.334 e. The molecule has 0 aliphatic heterocycles. The van der Waals surface area contributed by atoms with Crippen molar-refractivity contribution in [2.45, 2.75) is 6.10 Å². The second-order valence-corrected chi connectivity index (χ2v) is 4.39. The van der Waals surface area contributed by atoms with Gasteiger partial charge in [-0.1, -0.05) is 0 Å². The molecule has 0 heterocycles. The normalized spacial score (nSPS) is 11.5. The molecule has 1 aromatic carbocycles. The zero-order valence-electron chi connectivity index (χ0n) is 10.0. The maximum Gasteiger partial charge on any atom is 0.334 e. The highest BCUT2D eigenvalue weighted by Crippen LogP contribution is 2.26. The van der Waals surface area contributed by atoms with Gasteiger partial charge in [-0.05, 0) is 28.1 Å². The number of carbonyl (C=O) groups excluding carboxylic acids is 1. The van der Waals surface area contributed by atoms with E-state index < -0.39 is 18.1 Å². The van der Waals surface area contributed by atoms with E-state index >= 15 is 0 Å². The molecular weight excluding hydrogens is 320 g/mol. The number of hydrogen-bond acceptors (Lipinski definition) is 4. The van der Waals surface area contributed by atoms with E-state index in [-0.39, 0.29) is 6.54 Å². The Balaban J connectivity index is 2.59. The van der Waals surface area contributed by atoms with Crippen LogP contribution in [0.3, 0.4) is 0 Å². The summed E-state index contributed by atoms with van der Waals surface area (Å²) in [4.78, 5) is 21.9. The van der Waals surface area contributed by atoms with E-state index in [1.54, 1.807) is 18.2 Å². The molecule has 0 aliphatic rings. The number of ether oxygens (including phenoxy) is 1. The number of hydrogen-bond donors (Lipinski definition) is 4. The Labute approximate surface area is 117 Å². The molecule has 8 heteroatoms. The zero-order valence-corrected chi connectivity index (χ0v) is 11.6. The van der Waals surface area contributed by atoms with E-state index in [4.69, 9.17) is 14.9 Å². The molecule has 19 heavy (non-hydrogen) atoms. The molecule has 0 spiro atoms. The Morgan fingerprint density at radius 1 is 1.47 bits per heavy atom. The molecule has 4 N–H and O–H groups in total. The van der Waals surface area contributed by atoms with Crippen molar-refractivity contribution in [2.24, 2.45) is 0 Å². The van der Waals surface area contributed by atoms with Crippen LogP contribution in [-0.2, 0) is 4.79 Å². The first-order valence-corrected chi connectivity index (χ1v) is 6.02. The van der Waals surface area contributed by atoms with Crippen LogP contribution >= 0.6 is 15.9 Å². The van der Waals surface area contributed by atoms with Gasteiger partial charge in [0.1, 0.15) is 5.75 Å². The number of carboxylic acid groups (broad SMARTS) is 1. The predicted molar refractivity (Wildman–Crippen MR) is 71.4 cm³/mol. The number of halogens is 1. The predicted octanol–water partition coefficient (Wildman–Crippen LogP) is 1.02. The number of methoxy groups -OCH3 is 1. The molecule has 0 fully saturated rings. The molecule has 0 saturated carbocycles. The summed E-state index contributed by atoms with van der Waals surface area (Å²) >= 11 is 3.25. The molecule has 0 radical (unpaired) electrons. The Kier molecular flexibility index (Phi) is 5.58. The average molecular weight is 333 g/mol. The number of aliphatic hydroxyl groups excluding tert-OH is 1. The van der Waals surface area contributed by atoms with Crippen molar-refractivity contribution in [2.75, 3.05) is 19.0 Å². The van der Waals surface area contributed by atoms with Crippen molar-refractivity contribution < 1.29 is 24.5 Å². The molecular formula is C11H13BrN2O5. The van der Waals surface area contributed by atoms with E-state index in [1.807, 2.05) is 0 Å². The summed E-state index contributed by atoms with van der Waals surface area (Å²) in [6.07, 6.45) is -1.64. The van der Waals surface area contributed by atoms with Crippen LogP contribution in [0.5, 0.6) is 5.75 Å². The minimum atomic E-state index is -1.64. The van der Waals surface area contributed by atoms with Gasteiger partial charge < -0.3 is 25.6 Å². The standard InChI is InChI=1S/C11H13BrN2O5/c1-19-6-2-3-7(12)8(4-6)14-11(18)13-5-9(15)10(16)17/h2-4,9,15H,5H2,1H3,(H,16,17)(H2,13,14,18). The number of anilines is 1. The highest BCUT2D eigenvalue weighted by atomic mass is 79.9. The molecule has 1 aromatic rings. The molecule has 0 saturated heterocycles. The van der Waals surface area contributed by atoms with Crippen LogP contribution in [-0.4, -0.2) is 42.0 Å². The second kappa shape index (κ2) is 6.95. The highest BCUT2D eigenvalue weighted by molar-refractivity contribution is 9.10. The SMILES string of the molecule is COc1ccc(Br)c(NC(=O)NCC(O)C(=O)O)c1. The van der Waals surface area contributed by atoms with Crippen molar-refractivity contribution in [1.29, 1.82) is 0 Å². The molecule has 0 aromatic heterocycles. The molecule has 1 atom stereocenters. The van der Waals surface area contributed by atoms with Gasteiger partial charge in [0.2, 0.25) is 0 Å². The van der Waals surface area contributed by atoms with Gasteiger partial charge in [0.15, 0.2) is 6.10 Å². The molecule has 2 amide bonds. The van der Waals surface area contributed by atoms with Crippen molar-refractivity contribution in [3.63, 3.8) is 0 Å². The minimum Gasteiger partial charge on any atom is -0.497 e. The summed E-state index contributed by atoms with van der Waals surface area (Å²) in [5.74, 6) is -0.841. The number of rotatable bonds is 5. The fourth-order valence-corrected chi connectivity index (χ4v) is 1.52. The quantitative estimate of drug-likeness (QED) is 0.644. The Hall–Kier alpha value is -1.80. The molecule has 1 rings (SSSR count). The van der Waals surface area contributed by atoms with Gasteiger partial charge >= 0.3 is 12.0 Å². The van der Waals surface area contributed by atoms with Gasteiger partial charge in [-0.3, -0.25) is 0 Å². The number of aliphatic carboxylic acids is 1. The number of urea groups is 1. The van der Waals surface area contributed by atoms with Crippen LogP contribution in [0.4, 0.5) is 10.5 Å². The number of aliphatic hydroxyl groups is 1. The minimum absolute atomic E-state index is 0.386. The summed E-state index contributed by atoms with van der Waals surface area (Å²) < 4.78 is 5.65. The first kappa shape index (κ1) is 15.3. The second-order valence-electron chi connectivity index (χ2n) is 3.53. The first-order chi connectivity index (χ1) is 8.93. The number of nitrogens with one attached hydrogen (secondary N) is 2. The van der Waals surface area contributed by atoms with Crippen LogP contribution in [0, 0.1) is 0 Å². The summed E-state index contributed by atoms with van der Waals surface area (Å²) in [6, 6.07) is 4.37. The topological polar surface area (TPSA) is 108 Å². The van der Waals surface area contributed by atoms with Crippen LogP contribution < -0.4 is 15.4 Å². The summed E-state index contributed by atoms with van der Waals surface area (Å²) in [6.45, 7) is -0.386. The summed E-state index contributed by atoms with van der Waals surface area (Å²) in [5, 5.41) is 22.2. The lowest BCUT2D eigenvalue weighted by Crippen LogP contribution is -2.38. The number of carboxylic acids is 1. The Morgan fingerprint density at radius 2 is 2.16 bits per heavy atom. The van der Waals surface area contributed by atoms with Crippen LogP contribution in [0.25, 0.3) is 0 Å². The van der Waals surface area contributed by atoms with Gasteiger partial charge in [-0.15, -0.1) is 0 Å². The summed E-state index contributed by atoms with van der Waals surface area (Å²) in [7, 11) is 1.50. The monoisotopic (exact) mass is 332 g/mol. The van der Waals surface area contributed by atoms with E-state index in [0.717, 1.165) is 0 Å². The van der Waals surface area contributed by atoms with Crippen LogP contribution in [0.1, 0.15) is 0 Å². The van der Waals surface area contributed by atoms with E-state index in [1.165, 1.54) is 7.11 Å².